The topological polar surface area (TPSA) is 29.3 Å². The van der Waals surface area contributed by atoms with E-state index >= 15 is 0 Å². The monoisotopic (exact) mass is 274 g/mol. The highest BCUT2D eigenvalue weighted by molar-refractivity contribution is 7.08. The Labute approximate surface area is 119 Å². The van der Waals surface area contributed by atoms with Crippen molar-refractivity contribution in [1.29, 1.82) is 0 Å². The molecule has 1 aromatic heterocycles. The lowest BCUT2D eigenvalue weighted by atomic mass is 10.0. The van der Waals surface area contributed by atoms with Gasteiger partial charge in [-0.3, -0.25) is 0 Å². The van der Waals surface area contributed by atoms with Crippen LogP contribution in [-0.4, -0.2) is 12.6 Å². The molecule has 2 atom stereocenters. The molecule has 0 saturated carbocycles. The van der Waals surface area contributed by atoms with E-state index in [4.69, 9.17) is 5.73 Å². The lowest BCUT2D eigenvalue weighted by molar-refractivity contribution is 0.539. The van der Waals surface area contributed by atoms with Gasteiger partial charge in [0.25, 0.3) is 0 Å². The van der Waals surface area contributed by atoms with Crippen molar-refractivity contribution in [2.24, 2.45) is 5.73 Å². The summed E-state index contributed by atoms with van der Waals surface area (Å²) in [5.41, 5.74) is 10.1. The maximum atomic E-state index is 6.24. The van der Waals surface area contributed by atoms with E-state index in [2.05, 4.69) is 66.8 Å². The standard InChI is InChI=1S/C16H22N2S/c1-4-18(15-7-5-6-12(2)10-15)16(13(3)17)14-8-9-19-11-14/h5-11,13,16H,4,17H2,1-3H3. The van der Waals surface area contributed by atoms with Gasteiger partial charge in [-0.2, -0.15) is 11.3 Å². The number of nitrogens with two attached hydrogens (primary N) is 1. The fourth-order valence-electron chi connectivity index (χ4n) is 2.56. The minimum atomic E-state index is 0.0927. The second-order valence-corrected chi connectivity index (χ2v) is 5.77. The zero-order valence-electron chi connectivity index (χ0n) is 11.8. The largest absolute Gasteiger partial charge is 0.363 e. The highest BCUT2D eigenvalue weighted by Crippen LogP contribution is 2.30. The summed E-state index contributed by atoms with van der Waals surface area (Å²) in [6.45, 7) is 7.35. The fourth-order valence-corrected chi connectivity index (χ4v) is 3.25. The summed E-state index contributed by atoms with van der Waals surface area (Å²) in [6, 6.07) is 11.1. The Kier molecular flexibility index (Phi) is 4.61. The number of hydrogen-bond donors (Lipinski definition) is 1. The Morgan fingerprint density at radius 1 is 1.32 bits per heavy atom. The summed E-state index contributed by atoms with van der Waals surface area (Å²) < 4.78 is 0. The Morgan fingerprint density at radius 2 is 2.11 bits per heavy atom. The van der Waals surface area contributed by atoms with Crippen molar-refractivity contribution in [2.45, 2.75) is 32.9 Å². The molecule has 0 saturated heterocycles. The van der Waals surface area contributed by atoms with Crippen molar-refractivity contribution in [1.82, 2.24) is 0 Å². The number of likely N-dealkylation sites (N-methyl/N-ethyl adjacent to an activating group) is 1. The predicted octanol–water partition coefficient (Wildman–Crippen LogP) is 3.97. The fraction of sp³-hybridized carbons (Fsp3) is 0.375. The molecule has 0 aliphatic heterocycles. The van der Waals surface area contributed by atoms with Crippen molar-refractivity contribution in [3.05, 3.63) is 52.2 Å². The maximum absolute atomic E-state index is 6.24. The molecule has 2 rings (SSSR count). The molecule has 0 spiro atoms. The summed E-state index contributed by atoms with van der Waals surface area (Å²) in [7, 11) is 0. The minimum absolute atomic E-state index is 0.0927. The Bertz CT molecular complexity index is 505. The number of thiophene rings is 1. The van der Waals surface area contributed by atoms with Crippen LogP contribution >= 0.6 is 11.3 Å². The highest BCUT2D eigenvalue weighted by Gasteiger charge is 2.23. The molecule has 0 amide bonds. The summed E-state index contributed by atoms with van der Waals surface area (Å²) in [5.74, 6) is 0. The van der Waals surface area contributed by atoms with Crippen LogP contribution in [0.15, 0.2) is 41.1 Å². The van der Waals surface area contributed by atoms with Crippen LogP contribution in [0.4, 0.5) is 5.69 Å². The van der Waals surface area contributed by atoms with Gasteiger partial charge in [0, 0.05) is 18.3 Å². The second kappa shape index (κ2) is 6.22. The molecule has 3 heteroatoms. The molecule has 102 valence electrons. The molecule has 19 heavy (non-hydrogen) atoms. The summed E-state index contributed by atoms with van der Waals surface area (Å²) in [4.78, 5) is 2.39. The van der Waals surface area contributed by atoms with Crippen LogP contribution in [0, 0.1) is 6.92 Å². The molecule has 0 aliphatic rings. The number of nitrogens with zero attached hydrogens (tertiary/aromatic N) is 1. The van der Waals surface area contributed by atoms with Gasteiger partial charge < -0.3 is 10.6 Å². The third kappa shape index (κ3) is 3.17. The van der Waals surface area contributed by atoms with Crippen LogP contribution in [-0.2, 0) is 0 Å². The second-order valence-electron chi connectivity index (χ2n) is 4.99. The molecular formula is C16H22N2S. The van der Waals surface area contributed by atoms with Gasteiger partial charge in [0.2, 0.25) is 0 Å². The maximum Gasteiger partial charge on any atom is 0.0698 e. The van der Waals surface area contributed by atoms with Gasteiger partial charge in [-0.05, 0) is 60.9 Å². The number of hydrogen-bond acceptors (Lipinski definition) is 3. The third-order valence-electron chi connectivity index (χ3n) is 3.39. The molecule has 1 aromatic carbocycles. The van der Waals surface area contributed by atoms with E-state index in [-0.39, 0.29) is 12.1 Å². The first-order valence-electron chi connectivity index (χ1n) is 6.74. The van der Waals surface area contributed by atoms with Crippen LogP contribution in [0.5, 0.6) is 0 Å². The Balaban J connectivity index is 2.38. The van der Waals surface area contributed by atoms with Gasteiger partial charge in [0.05, 0.1) is 6.04 Å². The van der Waals surface area contributed by atoms with Crippen molar-refractivity contribution in [3.63, 3.8) is 0 Å². The van der Waals surface area contributed by atoms with Gasteiger partial charge in [0.1, 0.15) is 0 Å². The lowest BCUT2D eigenvalue weighted by Crippen LogP contribution is -2.39. The van der Waals surface area contributed by atoms with Crippen LogP contribution in [0.3, 0.4) is 0 Å². The van der Waals surface area contributed by atoms with Crippen molar-refractivity contribution in [2.75, 3.05) is 11.4 Å². The van der Waals surface area contributed by atoms with E-state index in [9.17, 15) is 0 Å². The minimum Gasteiger partial charge on any atom is -0.363 e. The summed E-state index contributed by atoms with van der Waals surface area (Å²) in [5, 5.41) is 4.32. The van der Waals surface area contributed by atoms with Crippen molar-refractivity contribution in [3.8, 4) is 0 Å². The van der Waals surface area contributed by atoms with Crippen LogP contribution in [0.1, 0.15) is 31.0 Å². The van der Waals surface area contributed by atoms with Crippen LogP contribution < -0.4 is 10.6 Å². The first kappa shape index (κ1) is 14.1. The molecule has 1 heterocycles. The van der Waals surface area contributed by atoms with Gasteiger partial charge >= 0.3 is 0 Å². The quantitative estimate of drug-likeness (QED) is 0.894. The van der Waals surface area contributed by atoms with Crippen LogP contribution in [0.25, 0.3) is 0 Å². The van der Waals surface area contributed by atoms with Crippen molar-refractivity contribution >= 4 is 17.0 Å². The van der Waals surface area contributed by atoms with E-state index in [0.29, 0.717) is 0 Å². The number of aryl methyl sites for hydroxylation is 1. The molecule has 2 N–H and O–H groups in total. The van der Waals surface area contributed by atoms with Gasteiger partial charge in [-0.15, -0.1) is 0 Å². The average molecular weight is 274 g/mol. The van der Waals surface area contributed by atoms with Crippen molar-refractivity contribution < 1.29 is 0 Å². The molecule has 0 aliphatic carbocycles. The molecule has 0 bridgehead atoms. The SMILES string of the molecule is CCN(c1cccc(C)c1)C(c1ccsc1)C(C)N. The average Bonchev–Trinajstić information content (AvgIpc) is 2.88. The summed E-state index contributed by atoms with van der Waals surface area (Å²) >= 11 is 1.73. The Morgan fingerprint density at radius 3 is 2.63 bits per heavy atom. The molecule has 0 radical (unpaired) electrons. The van der Waals surface area contributed by atoms with E-state index in [1.54, 1.807) is 11.3 Å². The predicted molar refractivity (Wildman–Crippen MR) is 84.9 cm³/mol. The Hall–Kier alpha value is -1.32. The lowest BCUT2D eigenvalue weighted by Gasteiger charge is -2.35. The van der Waals surface area contributed by atoms with E-state index in [0.717, 1.165) is 6.54 Å². The molecular weight excluding hydrogens is 252 g/mol. The third-order valence-corrected chi connectivity index (χ3v) is 4.09. The zero-order chi connectivity index (χ0) is 13.8. The summed E-state index contributed by atoms with van der Waals surface area (Å²) in [6.07, 6.45) is 0. The number of anilines is 1. The molecule has 2 aromatic rings. The highest BCUT2D eigenvalue weighted by atomic mass is 32.1. The first-order valence-corrected chi connectivity index (χ1v) is 7.68. The van der Waals surface area contributed by atoms with E-state index in [1.165, 1.54) is 16.8 Å². The molecule has 2 unspecified atom stereocenters. The molecule has 2 nitrogen and oxygen atoms in total. The normalized spacial score (nSPS) is 14.1. The van der Waals surface area contributed by atoms with Gasteiger partial charge in [-0.25, -0.2) is 0 Å². The van der Waals surface area contributed by atoms with Gasteiger partial charge in [-0.1, -0.05) is 12.1 Å². The van der Waals surface area contributed by atoms with Gasteiger partial charge in [0.15, 0.2) is 0 Å². The first-order chi connectivity index (χ1) is 9.13. The van der Waals surface area contributed by atoms with Crippen LogP contribution in [0.2, 0.25) is 0 Å². The smallest absolute Gasteiger partial charge is 0.0698 e. The van der Waals surface area contributed by atoms with E-state index < -0.39 is 0 Å². The zero-order valence-corrected chi connectivity index (χ0v) is 12.7. The van der Waals surface area contributed by atoms with E-state index in [1.807, 2.05) is 0 Å². The molecule has 0 fully saturated rings. The number of rotatable bonds is 5. The number of benzene rings is 1.